The molecule has 1 aromatic carbocycles. The third kappa shape index (κ3) is 3.85. The monoisotopic (exact) mass is 274 g/mol. The molecule has 0 spiro atoms. The first-order valence-corrected chi connectivity index (χ1v) is 6.66. The van der Waals surface area contributed by atoms with E-state index in [4.69, 9.17) is 9.26 Å². The first-order valence-electron chi connectivity index (χ1n) is 6.66. The summed E-state index contributed by atoms with van der Waals surface area (Å²) in [6.45, 7) is 4.55. The molecule has 1 aromatic heterocycles. The van der Waals surface area contributed by atoms with Gasteiger partial charge in [-0.1, -0.05) is 24.6 Å². The van der Waals surface area contributed by atoms with Gasteiger partial charge in [-0.3, -0.25) is 4.79 Å². The van der Waals surface area contributed by atoms with Crippen molar-refractivity contribution < 1.29 is 14.1 Å². The van der Waals surface area contributed by atoms with Gasteiger partial charge in [-0.2, -0.15) is 0 Å². The van der Waals surface area contributed by atoms with Crippen LogP contribution in [0.25, 0.3) is 0 Å². The molecule has 0 atom stereocenters. The summed E-state index contributed by atoms with van der Waals surface area (Å²) < 4.78 is 10.5. The number of carbonyl (C=O) groups is 1. The van der Waals surface area contributed by atoms with E-state index >= 15 is 0 Å². The highest BCUT2D eigenvalue weighted by Crippen LogP contribution is 2.18. The molecule has 20 heavy (non-hydrogen) atoms. The van der Waals surface area contributed by atoms with Crippen LogP contribution in [0.2, 0.25) is 0 Å². The molecule has 5 nitrogen and oxygen atoms in total. The lowest BCUT2D eigenvalue weighted by molar-refractivity contribution is 0.0988. The molecule has 2 aromatic rings. The van der Waals surface area contributed by atoms with Crippen LogP contribution in [0.4, 0.5) is 5.69 Å². The van der Waals surface area contributed by atoms with Crippen LogP contribution >= 0.6 is 0 Å². The maximum absolute atomic E-state index is 11.9. The third-order valence-electron chi connectivity index (χ3n) is 2.71. The van der Waals surface area contributed by atoms with Gasteiger partial charge in [0.1, 0.15) is 5.75 Å². The summed E-state index contributed by atoms with van der Waals surface area (Å²) in [6, 6.07) is 8.88. The number of amides is 1. The fraction of sp³-hybridized carbons (Fsp3) is 0.333. The minimum absolute atomic E-state index is 0.194. The average Bonchev–Trinajstić information content (AvgIpc) is 2.86. The predicted octanol–water partition coefficient (Wildman–Crippen LogP) is 3.41. The second kappa shape index (κ2) is 6.75. The molecule has 0 saturated heterocycles. The standard InChI is InChI=1S/C15H18N2O3/c1-3-4-8-19-13-7-5-6-12(10-13)16-15(18)14-9-11(2)17-20-14/h5-7,9-10H,3-4,8H2,1-2H3,(H,16,18). The summed E-state index contributed by atoms with van der Waals surface area (Å²) >= 11 is 0. The predicted molar refractivity (Wildman–Crippen MR) is 76.0 cm³/mol. The van der Waals surface area contributed by atoms with Crippen LogP contribution in [0.1, 0.15) is 36.0 Å². The molecule has 106 valence electrons. The highest BCUT2D eigenvalue weighted by molar-refractivity contribution is 6.02. The minimum atomic E-state index is -0.323. The van der Waals surface area contributed by atoms with Crippen LogP contribution in [-0.2, 0) is 0 Å². The molecule has 0 unspecified atom stereocenters. The molecular weight excluding hydrogens is 256 g/mol. The molecule has 1 N–H and O–H groups in total. The van der Waals surface area contributed by atoms with E-state index in [0.717, 1.165) is 18.6 Å². The lowest BCUT2D eigenvalue weighted by atomic mass is 10.3. The van der Waals surface area contributed by atoms with Crippen molar-refractivity contribution in [2.75, 3.05) is 11.9 Å². The van der Waals surface area contributed by atoms with Crippen molar-refractivity contribution >= 4 is 11.6 Å². The number of benzene rings is 1. The number of carbonyl (C=O) groups excluding carboxylic acids is 1. The van der Waals surface area contributed by atoms with Crippen LogP contribution in [0, 0.1) is 6.92 Å². The van der Waals surface area contributed by atoms with E-state index in [1.165, 1.54) is 0 Å². The summed E-state index contributed by atoms with van der Waals surface area (Å²) in [6.07, 6.45) is 2.09. The van der Waals surface area contributed by atoms with Crippen LogP contribution in [0.15, 0.2) is 34.9 Å². The first-order chi connectivity index (χ1) is 9.69. The topological polar surface area (TPSA) is 64.4 Å². The fourth-order valence-electron chi connectivity index (χ4n) is 1.66. The maximum atomic E-state index is 11.9. The first kappa shape index (κ1) is 14.1. The van der Waals surface area contributed by atoms with E-state index in [-0.39, 0.29) is 11.7 Å². The summed E-state index contributed by atoms with van der Waals surface area (Å²) in [4.78, 5) is 11.9. The number of anilines is 1. The molecule has 2 rings (SSSR count). The van der Waals surface area contributed by atoms with Gasteiger partial charge >= 0.3 is 0 Å². The Morgan fingerprint density at radius 1 is 1.40 bits per heavy atom. The van der Waals surface area contributed by atoms with Gasteiger partial charge in [0.2, 0.25) is 5.76 Å². The fourth-order valence-corrected chi connectivity index (χ4v) is 1.66. The molecule has 1 heterocycles. The smallest absolute Gasteiger partial charge is 0.294 e. The molecule has 0 aliphatic heterocycles. The summed E-state index contributed by atoms with van der Waals surface area (Å²) in [5.41, 5.74) is 1.34. The molecule has 5 heteroatoms. The number of rotatable bonds is 6. The van der Waals surface area contributed by atoms with Crippen molar-refractivity contribution in [1.82, 2.24) is 5.16 Å². The summed E-state index contributed by atoms with van der Waals surface area (Å²) in [5.74, 6) is 0.612. The Labute approximate surface area is 117 Å². The van der Waals surface area contributed by atoms with Crippen LogP contribution in [0.5, 0.6) is 5.75 Å². The Morgan fingerprint density at radius 3 is 2.95 bits per heavy atom. The quantitative estimate of drug-likeness (QED) is 0.820. The normalized spacial score (nSPS) is 10.3. The number of nitrogens with zero attached hydrogens (tertiary/aromatic N) is 1. The molecule has 0 bridgehead atoms. The lowest BCUT2D eigenvalue weighted by Crippen LogP contribution is -2.11. The maximum Gasteiger partial charge on any atom is 0.294 e. The van der Waals surface area contributed by atoms with Crippen molar-refractivity contribution in [2.45, 2.75) is 26.7 Å². The van der Waals surface area contributed by atoms with Gasteiger partial charge in [-0.15, -0.1) is 0 Å². The van der Waals surface area contributed by atoms with Gasteiger partial charge in [0, 0.05) is 17.8 Å². The third-order valence-corrected chi connectivity index (χ3v) is 2.71. The highest BCUT2D eigenvalue weighted by atomic mass is 16.5. The van der Waals surface area contributed by atoms with Gasteiger partial charge in [-0.05, 0) is 25.5 Å². The van der Waals surface area contributed by atoms with Gasteiger partial charge in [0.15, 0.2) is 0 Å². The molecule has 0 fully saturated rings. The Bertz CT molecular complexity index is 578. The zero-order valence-corrected chi connectivity index (χ0v) is 11.7. The van der Waals surface area contributed by atoms with E-state index in [1.807, 2.05) is 12.1 Å². The number of aromatic nitrogens is 1. The second-order valence-corrected chi connectivity index (χ2v) is 4.52. The van der Waals surface area contributed by atoms with Crippen molar-refractivity contribution in [3.63, 3.8) is 0 Å². The number of nitrogens with one attached hydrogen (secondary N) is 1. The van der Waals surface area contributed by atoms with Gasteiger partial charge in [0.25, 0.3) is 5.91 Å². The summed E-state index contributed by atoms with van der Waals surface area (Å²) in [5, 5.41) is 6.44. The van der Waals surface area contributed by atoms with Crippen molar-refractivity contribution in [1.29, 1.82) is 0 Å². The SMILES string of the molecule is CCCCOc1cccc(NC(=O)c2cc(C)no2)c1. The molecule has 0 saturated carbocycles. The lowest BCUT2D eigenvalue weighted by Gasteiger charge is -2.07. The zero-order chi connectivity index (χ0) is 14.4. The Morgan fingerprint density at radius 2 is 2.25 bits per heavy atom. The molecule has 0 aliphatic carbocycles. The van der Waals surface area contributed by atoms with Crippen LogP contribution in [0.3, 0.4) is 0 Å². The van der Waals surface area contributed by atoms with E-state index < -0.39 is 0 Å². The van der Waals surface area contributed by atoms with Crippen LogP contribution < -0.4 is 10.1 Å². The number of hydrogen-bond acceptors (Lipinski definition) is 4. The van der Waals surface area contributed by atoms with E-state index in [1.54, 1.807) is 25.1 Å². The molecule has 0 radical (unpaired) electrons. The largest absolute Gasteiger partial charge is 0.494 e. The zero-order valence-electron chi connectivity index (χ0n) is 11.7. The highest BCUT2D eigenvalue weighted by Gasteiger charge is 2.11. The van der Waals surface area contributed by atoms with Gasteiger partial charge < -0.3 is 14.6 Å². The van der Waals surface area contributed by atoms with E-state index in [9.17, 15) is 4.79 Å². The minimum Gasteiger partial charge on any atom is -0.494 e. The Kier molecular flexibility index (Phi) is 4.76. The number of ether oxygens (including phenoxy) is 1. The number of aryl methyl sites for hydroxylation is 1. The Balaban J connectivity index is 1.98. The number of unbranched alkanes of at least 4 members (excludes halogenated alkanes) is 1. The molecular formula is C15H18N2O3. The number of hydrogen-bond donors (Lipinski definition) is 1. The second-order valence-electron chi connectivity index (χ2n) is 4.52. The van der Waals surface area contributed by atoms with E-state index in [0.29, 0.717) is 18.0 Å². The summed E-state index contributed by atoms with van der Waals surface area (Å²) in [7, 11) is 0. The van der Waals surface area contributed by atoms with Gasteiger partial charge in [-0.25, -0.2) is 0 Å². The van der Waals surface area contributed by atoms with Gasteiger partial charge in [0.05, 0.1) is 12.3 Å². The van der Waals surface area contributed by atoms with Crippen molar-refractivity contribution in [3.8, 4) is 5.75 Å². The molecule has 0 aliphatic rings. The Hall–Kier alpha value is -2.30. The van der Waals surface area contributed by atoms with Crippen molar-refractivity contribution in [3.05, 3.63) is 41.8 Å². The van der Waals surface area contributed by atoms with Crippen molar-refractivity contribution in [2.24, 2.45) is 0 Å². The molecule has 1 amide bonds. The van der Waals surface area contributed by atoms with E-state index in [2.05, 4.69) is 17.4 Å². The average molecular weight is 274 g/mol. The van der Waals surface area contributed by atoms with Crippen LogP contribution in [-0.4, -0.2) is 17.7 Å².